The first-order chi connectivity index (χ1) is 24.0. The van der Waals surface area contributed by atoms with Gasteiger partial charge >= 0.3 is 0 Å². The summed E-state index contributed by atoms with van der Waals surface area (Å²) in [7, 11) is 0. The van der Waals surface area contributed by atoms with Gasteiger partial charge in [0.1, 0.15) is 5.75 Å². The molecule has 268 valence electrons. The number of anilines is 6. The number of ether oxygens (including phenoxy) is 1. The summed E-state index contributed by atoms with van der Waals surface area (Å²) in [6.07, 6.45) is 3.37. The first-order valence-electron chi connectivity index (χ1n) is 18.7. The lowest BCUT2D eigenvalue weighted by Crippen LogP contribution is -2.25. The molecular weight excluding hydrogens is 621 g/mol. The average molecular weight is 681 g/mol. The SMILES string of the molecule is Cc1cccc(N(c2cccc(C)c2)c2cc(C)c(N(c3cccc(C)c3)c3ccc(OC(CCC(C)(C)C)CC(C)(C)C)c(C)c3)cc2C)c1. The summed E-state index contributed by atoms with van der Waals surface area (Å²) in [6, 6.07) is 37.8. The number of rotatable bonds is 11. The van der Waals surface area contributed by atoms with Gasteiger partial charge in [0, 0.05) is 34.1 Å². The molecule has 5 rings (SSSR count). The molecule has 0 saturated carbocycles. The minimum absolute atomic E-state index is 0.170. The molecular formula is C48H60N2O. The van der Waals surface area contributed by atoms with Gasteiger partial charge in [0.15, 0.2) is 0 Å². The van der Waals surface area contributed by atoms with Crippen LogP contribution in [0.3, 0.4) is 0 Å². The Bertz CT molecular complexity index is 1910. The minimum atomic E-state index is 0.170. The van der Waals surface area contributed by atoms with E-state index < -0.39 is 0 Å². The summed E-state index contributed by atoms with van der Waals surface area (Å²) in [6.45, 7) is 27.0. The van der Waals surface area contributed by atoms with Crippen molar-refractivity contribution in [3.8, 4) is 5.75 Å². The second-order valence-electron chi connectivity index (χ2n) is 17.2. The van der Waals surface area contributed by atoms with Crippen LogP contribution in [0.25, 0.3) is 0 Å². The van der Waals surface area contributed by atoms with E-state index in [0.29, 0.717) is 0 Å². The summed E-state index contributed by atoms with van der Waals surface area (Å²) >= 11 is 0. The molecule has 0 N–H and O–H groups in total. The van der Waals surface area contributed by atoms with Crippen molar-refractivity contribution in [2.75, 3.05) is 9.80 Å². The maximum atomic E-state index is 6.84. The van der Waals surface area contributed by atoms with Crippen LogP contribution in [0.5, 0.6) is 5.75 Å². The number of aryl methyl sites for hydroxylation is 6. The van der Waals surface area contributed by atoms with Crippen LogP contribution in [0.2, 0.25) is 0 Å². The van der Waals surface area contributed by atoms with E-state index in [1.807, 2.05) is 0 Å². The van der Waals surface area contributed by atoms with Crippen LogP contribution in [0, 0.1) is 52.4 Å². The van der Waals surface area contributed by atoms with Crippen LogP contribution in [-0.4, -0.2) is 6.10 Å². The third-order valence-electron chi connectivity index (χ3n) is 9.54. The van der Waals surface area contributed by atoms with Crippen molar-refractivity contribution in [1.29, 1.82) is 0 Å². The molecule has 0 bridgehead atoms. The Labute approximate surface area is 309 Å². The molecule has 0 aromatic heterocycles. The van der Waals surface area contributed by atoms with Crippen molar-refractivity contribution in [1.82, 2.24) is 0 Å². The minimum Gasteiger partial charge on any atom is -0.490 e. The maximum absolute atomic E-state index is 6.84. The topological polar surface area (TPSA) is 15.7 Å². The molecule has 1 unspecified atom stereocenters. The van der Waals surface area contributed by atoms with Crippen LogP contribution in [0.15, 0.2) is 103 Å². The molecule has 5 aromatic carbocycles. The molecule has 1 atom stereocenters. The van der Waals surface area contributed by atoms with Gasteiger partial charge in [-0.25, -0.2) is 0 Å². The average Bonchev–Trinajstić information content (AvgIpc) is 3.03. The van der Waals surface area contributed by atoms with Crippen molar-refractivity contribution in [3.63, 3.8) is 0 Å². The molecule has 3 nitrogen and oxygen atoms in total. The van der Waals surface area contributed by atoms with E-state index in [1.54, 1.807) is 0 Å². The second-order valence-corrected chi connectivity index (χ2v) is 17.2. The maximum Gasteiger partial charge on any atom is 0.122 e. The Kier molecular flexibility index (Phi) is 11.4. The Balaban J connectivity index is 1.59. The zero-order chi connectivity index (χ0) is 37.1. The van der Waals surface area contributed by atoms with Crippen LogP contribution < -0.4 is 14.5 Å². The van der Waals surface area contributed by atoms with Crippen molar-refractivity contribution >= 4 is 34.1 Å². The third kappa shape index (κ3) is 9.85. The molecule has 0 radical (unpaired) electrons. The first-order valence-corrected chi connectivity index (χ1v) is 18.7. The van der Waals surface area contributed by atoms with Crippen molar-refractivity contribution < 1.29 is 4.74 Å². The second kappa shape index (κ2) is 15.4. The Morgan fingerprint density at radius 2 is 0.922 bits per heavy atom. The van der Waals surface area contributed by atoms with Gasteiger partial charge in [0.2, 0.25) is 0 Å². The zero-order valence-electron chi connectivity index (χ0n) is 33.3. The van der Waals surface area contributed by atoms with E-state index in [1.165, 1.54) is 39.2 Å². The normalized spacial score (nSPS) is 12.5. The van der Waals surface area contributed by atoms with E-state index in [-0.39, 0.29) is 16.9 Å². The third-order valence-corrected chi connectivity index (χ3v) is 9.54. The Hall–Kier alpha value is -4.50. The van der Waals surface area contributed by atoms with E-state index >= 15 is 0 Å². The standard InChI is InChI=1S/C48H60N2O/c1-33-16-13-19-39(26-33)49(40-20-14-17-34(2)27-40)44-30-37(5)45(31-36(44)4)50(41-21-15-18-35(3)28-41)42-22-23-46(38(6)29-42)51-43(32-48(10,11)12)24-25-47(7,8)9/h13-23,26-31,43H,24-25,32H2,1-12H3. The molecule has 3 heteroatoms. The fourth-order valence-corrected chi connectivity index (χ4v) is 6.99. The molecule has 0 saturated heterocycles. The number of nitrogens with zero attached hydrogens (tertiary/aromatic N) is 2. The monoisotopic (exact) mass is 680 g/mol. The molecule has 0 aliphatic rings. The van der Waals surface area contributed by atoms with Gasteiger partial charge in [-0.2, -0.15) is 0 Å². The molecule has 0 heterocycles. The fourth-order valence-electron chi connectivity index (χ4n) is 6.99. The van der Waals surface area contributed by atoms with Gasteiger partial charge in [-0.05, 0) is 172 Å². The highest BCUT2D eigenvalue weighted by atomic mass is 16.5. The zero-order valence-corrected chi connectivity index (χ0v) is 33.3. The summed E-state index contributed by atoms with van der Waals surface area (Å²) in [5, 5.41) is 0. The molecule has 0 fully saturated rings. The van der Waals surface area contributed by atoms with Crippen molar-refractivity contribution in [2.24, 2.45) is 10.8 Å². The predicted molar refractivity (Wildman–Crippen MR) is 221 cm³/mol. The quantitative estimate of drug-likeness (QED) is 0.138. The Morgan fingerprint density at radius 3 is 1.29 bits per heavy atom. The van der Waals surface area contributed by atoms with Crippen molar-refractivity contribution in [2.45, 2.75) is 108 Å². The summed E-state index contributed by atoms with van der Waals surface area (Å²) in [5.41, 5.74) is 14.6. The number of benzene rings is 5. The van der Waals surface area contributed by atoms with Gasteiger partial charge in [-0.3, -0.25) is 0 Å². The first kappa shape index (κ1) is 37.7. The van der Waals surface area contributed by atoms with Crippen LogP contribution in [-0.2, 0) is 0 Å². The van der Waals surface area contributed by atoms with Gasteiger partial charge < -0.3 is 14.5 Å². The lowest BCUT2D eigenvalue weighted by atomic mass is 9.83. The molecule has 5 aromatic rings. The van der Waals surface area contributed by atoms with Gasteiger partial charge in [-0.1, -0.05) is 77.9 Å². The predicted octanol–water partition coefficient (Wildman–Crippen LogP) is 14.5. The summed E-state index contributed by atoms with van der Waals surface area (Å²) in [4.78, 5) is 4.80. The van der Waals surface area contributed by atoms with Crippen LogP contribution in [0.1, 0.15) is 94.2 Å². The van der Waals surface area contributed by atoms with Crippen LogP contribution in [0.4, 0.5) is 34.1 Å². The molecule has 0 amide bonds. The lowest BCUT2D eigenvalue weighted by molar-refractivity contribution is 0.121. The Morgan fingerprint density at radius 1 is 0.490 bits per heavy atom. The highest BCUT2D eigenvalue weighted by Crippen LogP contribution is 2.44. The molecule has 0 aliphatic heterocycles. The van der Waals surface area contributed by atoms with Gasteiger partial charge in [-0.15, -0.1) is 0 Å². The van der Waals surface area contributed by atoms with Gasteiger partial charge in [0.25, 0.3) is 0 Å². The highest BCUT2D eigenvalue weighted by Gasteiger charge is 2.25. The van der Waals surface area contributed by atoms with Gasteiger partial charge in [0.05, 0.1) is 6.10 Å². The van der Waals surface area contributed by atoms with E-state index in [0.717, 1.165) is 53.3 Å². The van der Waals surface area contributed by atoms with E-state index in [2.05, 4.69) is 196 Å². The number of hydrogen-bond acceptors (Lipinski definition) is 3. The van der Waals surface area contributed by atoms with Crippen LogP contribution >= 0.6 is 0 Å². The van der Waals surface area contributed by atoms with Crippen molar-refractivity contribution in [3.05, 3.63) is 137 Å². The van der Waals surface area contributed by atoms with E-state index in [4.69, 9.17) is 4.74 Å². The molecule has 0 aliphatic carbocycles. The molecule has 0 spiro atoms. The highest BCUT2D eigenvalue weighted by molar-refractivity contribution is 5.85. The van der Waals surface area contributed by atoms with E-state index in [9.17, 15) is 0 Å². The lowest BCUT2D eigenvalue weighted by Gasteiger charge is -2.32. The smallest absolute Gasteiger partial charge is 0.122 e. The largest absolute Gasteiger partial charge is 0.490 e. The summed E-state index contributed by atoms with van der Waals surface area (Å²) in [5.74, 6) is 0.973. The fraction of sp³-hybridized carbons (Fsp3) is 0.375. The summed E-state index contributed by atoms with van der Waals surface area (Å²) < 4.78 is 6.84. The molecule has 51 heavy (non-hydrogen) atoms. The number of hydrogen-bond donors (Lipinski definition) is 0.